The van der Waals surface area contributed by atoms with E-state index in [0.717, 1.165) is 17.7 Å². The van der Waals surface area contributed by atoms with Crippen molar-refractivity contribution in [2.75, 3.05) is 11.6 Å². The van der Waals surface area contributed by atoms with Crippen LogP contribution < -0.4 is 10.0 Å². The molecule has 1 aromatic carbocycles. The molecule has 0 spiro atoms. The van der Waals surface area contributed by atoms with Gasteiger partial charge in [0, 0.05) is 16.9 Å². The van der Waals surface area contributed by atoms with Crippen LogP contribution in [-0.4, -0.2) is 26.6 Å². The molecule has 2 rings (SSSR count). The van der Waals surface area contributed by atoms with Crippen LogP contribution in [0.25, 0.3) is 0 Å². The van der Waals surface area contributed by atoms with Crippen molar-refractivity contribution in [3.63, 3.8) is 0 Å². The SMILES string of the molecule is CSc1ccc(S(=O)(=O)NC2CC2)cc1NC(=O)C(C)C. The van der Waals surface area contributed by atoms with Crippen LogP contribution >= 0.6 is 11.8 Å². The summed E-state index contributed by atoms with van der Waals surface area (Å²) in [5, 5.41) is 2.79. The number of carbonyl (C=O) groups is 1. The quantitative estimate of drug-likeness (QED) is 0.787. The summed E-state index contributed by atoms with van der Waals surface area (Å²) in [5.74, 6) is -0.292. The van der Waals surface area contributed by atoms with E-state index in [-0.39, 0.29) is 22.8 Å². The average Bonchev–Trinajstić information content (AvgIpc) is 3.21. The molecule has 0 aromatic heterocycles. The lowest BCUT2D eigenvalue weighted by Gasteiger charge is -2.13. The molecule has 1 aromatic rings. The van der Waals surface area contributed by atoms with Gasteiger partial charge in [-0.1, -0.05) is 13.8 Å². The van der Waals surface area contributed by atoms with Gasteiger partial charge in [-0.05, 0) is 37.3 Å². The molecule has 0 heterocycles. The van der Waals surface area contributed by atoms with Gasteiger partial charge < -0.3 is 5.32 Å². The number of anilines is 1. The monoisotopic (exact) mass is 328 g/mol. The van der Waals surface area contributed by atoms with Crippen LogP contribution in [0.2, 0.25) is 0 Å². The Morgan fingerprint density at radius 2 is 2.00 bits per heavy atom. The molecule has 0 bridgehead atoms. The third-order valence-electron chi connectivity index (χ3n) is 3.16. The van der Waals surface area contributed by atoms with E-state index in [0.29, 0.717) is 5.69 Å². The molecule has 21 heavy (non-hydrogen) atoms. The number of benzene rings is 1. The van der Waals surface area contributed by atoms with E-state index in [1.807, 2.05) is 6.26 Å². The lowest BCUT2D eigenvalue weighted by atomic mass is 10.2. The Labute approximate surface area is 129 Å². The Balaban J connectivity index is 2.30. The zero-order valence-electron chi connectivity index (χ0n) is 12.3. The highest BCUT2D eigenvalue weighted by Crippen LogP contribution is 2.29. The molecule has 1 aliphatic carbocycles. The van der Waals surface area contributed by atoms with E-state index in [4.69, 9.17) is 0 Å². The summed E-state index contributed by atoms with van der Waals surface area (Å²) in [7, 11) is -3.51. The number of hydrogen-bond acceptors (Lipinski definition) is 4. The molecule has 1 saturated carbocycles. The van der Waals surface area contributed by atoms with Crippen LogP contribution in [0.5, 0.6) is 0 Å². The van der Waals surface area contributed by atoms with Crippen molar-refractivity contribution in [2.24, 2.45) is 5.92 Å². The van der Waals surface area contributed by atoms with Gasteiger partial charge in [0.05, 0.1) is 10.6 Å². The van der Waals surface area contributed by atoms with Crippen molar-refractivity contribution in [3.8, 4) is 0 Å². The van der Waals surface area contributed by atoms with Gasteiger partial charge in [0.2, 0.25) is 15.9 Å². The van der Waals surface area contributed by atoms with Crippen LogP contribution in [0.1, 0.15) is 26.7 Å². The van der Waals surface area contributed by atoms with Crippen LogP contribution in [0, 0.1) is 5.92 Å². The Kier molecular flexibility index (Phi) is 4.95. The minimum Gasteiger partial charge on any atom is -0.325 e. The molecular weight excluding hydrogens is 308 g/mol. The normalized spacial score (nSPS) is 15.2. The van der Waals surface area contributed by atoms with Gasteiger partial charge in [-0.2, -0.15) is 0 Å². The highest BCUT2D eigenvalue weighted by Gasteiger charge is 2.28. The van der Waals surface area contributed by atoms with Crippen molar-refractivity contribution < 1.29 is 13.2 Å². The van der Waals surface area contributed by atoms with Crippen molar-refractivity contribution in [3.05, 3.63) is 18.2 Å². The maximum Gasteiger partial charge on any atom is 0.240 e. The predicted octanol–water partition coefficient (Wildman–Crippen LogP) is 2.44. The zero-order chi connectivity index (χ0) is 15.6. The van der Waals surface area contributed by atoms with Gasteiger partial charge in [-0.25, -0.2) is 13.1 Å². The smallest absolute Gasteiger partial charge is 0.240 e. The fraction of sp³-hybridized carbons (Fsp3) is 0.500. The Hall–Kier alpha value is -1.05. The topological polar surface area (TPSA) is 75.3 Å². The van der Waals surface area contributed by atoms with E-state index in [1.54, 1.807) is 26.0 Å². The van der Waals surface area contributed by atoms with Gasteiger partial charge >= 0.3 is 0 Å². The maximum atomic E-state index is 12.2. The summed E-state index contributed by atoms with van der Waals surface area (Å²) in [5.41, 5.74) is 0.542. The third-order valence-corrected chi connectivity index (χ3v) is 5.48. The van der Waals surface area contributed by atoms with Gasteiger partial charge in [0.25, 0.3) is 0 Å². The summed E-state index contributed by atoms with van der Waals surface area (Å²) in [4.78, 5) is 12.9. The van der Waals surface area contributed by atoms with Crippen LogP contribution in [0.3, 0.4) is 0 Å². The summed E-state index contributed by atoms with van der Waals surface area (Å²) in [6.45, 7) is 3.59. The third kappa shape index (κ3) is 4.21. The molecule has 116 valence electrons. The number of hydrogen-bond donors (Lipinski definition) is 2. The number of nitrogens with one attached hydrogen (secondary N) is 2. The van der Waals surface area contributed by atoms with Crippen LogP contribution in [0.4, 0.5) is 5.69 Å². The van der Waals surface area contributed by atoms with E-state index >= 15 is 0 Å². The summed E-state index contributed by atoms with van der Waals surface area (Å²) < 4.78 is 27.1. The number of rotatable bonds is 6. The minimum atomic E-state index is -3.51. The first-order valence-electron chi connectivity index (χ1n) is 6.84. The standard InChI is InChI=1S/C14H20N2O3S2/c1-9(2)14(17)15-12-8-11(6-7-13(12)20-3)21(18,19)16-10-4-5-10/h6-10,16H,4-5H2,1-3H3,(H,15,17). The first-order chi connectivity index (χ1) is 9.83. The number of sulfonamides is 1. The van der Waals surface area contributed by atoms with Crippen LogP contribution in [0.15, 0.2) is 28.0 Å². The predicted molar refractivity (Wildman–Crippen MR) is 85.0 cm³/mol. The second-order valence-corrected chi connectivity index (χ2v) is 7.96. The average molecular weight is 328 g/mol. The molecule has 7 heteroatoms. The number of thioether (sulfide) groups is 1. The fourth-order valence-corrected chi connectivity index (χ4v) is 3.58. The second-order valence-electron chi connectivity index (χ2n) is 5.40. The fourth-order valence-electron chi connectivity index (χ4n) is 1.72. The number of amides is 1. The Morgan fingerprint density at radius 3 is 2.52 bits per heavy atom. The van der Waals surface area contributed by atoms with Gasteiger partial charge in [0.1, 0.15) is 0 Å². The lowest BCUT2D eigenvalue weighted by molar-refractivity contribution is -0.118. The molecule has 0 saturated heterocycles. The van der Waals surface area contributed by atoms with Crippen LogP contribution in [-0.2, 0) is 14.8 Å². The van der Waals surface area contributed by atoms with Crippen molar-refractivity contribution in [1.29, 1.82) is 0 Å². The largest absolute Gasteiger partial charge is 0.325 e. The van der Waals surface area contributed by atoms with Crippen molar-refractivity contribution in [2.45, 2.75) is 42.5 Å². The Bertz CT molecular complexity index is 638. The van der Waals surface area contributed by atoms with E-state index in [9.17, 15) is 13.2 Å². The summed E-state index contributed by atoms with van der Waals surface area (Å²) >= 11 is 1.46. The molecule has 1 fully saturated rings. The Morgan fingerprint density at radius 1 is 1.33 bits per heavy atom. The molecule has 0 aliphatic heterocycles. The van der Waals surface area contributed by atoms with E-state index < -0.39 is 10.0 Å². The highest BCUT2D eigenvalue weighted by atomic mass is 32.2. The molecule has 1 amide bonds. The maximum absolute atomic E-state index is 12.2. The highest BCUT2D eigenvalue weighted by molar-refractivity contribution is 7.98. The number of carbonyl (C=O) groups excluding carboxylic acids is 1. The first-order valence-corrected chi connectivity index (χ1v) is 9.55. The molecule has 0 radical (unpaired) electrons. The van der Waals surface area contributed by atoms with Gasteiger partial charge in [-0.3, -0.25) is 4.79 Å². The summed E-state index contributed by atoms with van der Waals surface area (Å²) in [6.07, 6.45) is 3.66. The first kappa shape index (κ1) is 16.3. The zero-order valence-corrected chi connectivity index (χ0v) is 14.0. The molecule has 0 atom stereocenters. The molecule has 5 nitrogen and oxygen atoms in total. The van der Waals surface area contributed by atoms with Crippen molar-refractivity contribution >= 4 is 33.4 Å². The minimum absolute atomic E-state index is 0.0592. The second kappa shape index (κ2) is 6.37. The van der Waals surface area contributed by atoms with E-state index in [2.05, 4.69) is 10.0 Å². The lowest BCUT2D eigenvalue weighted by Crippen LogP contribution is -2.26. The van der Waals surface area contributed by atoms with Gasteiger partial charge in [0.15, 0.2) is 0 Å². The van der Waals surface area contributed by atoms with Gasteiger partial charge in [-0.15, -0.1) is 11.8 Å². The molecule has 1 aliphatic rings. The van der Waals surface area contributed by atoms with Crippen molar-refractivity contribution in [1.82, 2.24) is 4.72 Å². The van der Waals surface area contributed by atoms with E-state index in [1.165, 1.54) is 17.8 Å². The molecular formula is C14H20N2O3S2. The molecule has 2 N–H and O–H groups in total. The molecule has 0 unspecified atom stereocenters. The summed E-state index contributed by atoms with van der Waals surface area (Å²) in [6, 6.07) is 4.88.